The van der Waals surface area contributed by atoms with E-state index < -0.39 is 11.7 Å². The molecule has 1 fully saturated rings. The van der Waals surface area contributed by atoms with Gasteiger partial charge in [-0.3, -0.25) is 0 Å². The monoisotopic (exact) mass is 405 g/mol. The lowest BCUT2D eigenvalue weighted by molar-refractivity contribution is -0.136. The van der Waals surface area contributed by atoms with E-state index in [0.717, 1.165) is 11.6 Å². The number of hydrogen-bond donors (Lipinski definition) is 1. The molecule has 0 radical (unpaired) electrons. The number of carbonyl (C=O) groups excluding carboxylic acids is 2. The number of rotatable bonds is 7. The van der Waals surface area contributed by atoms with Crippen LogP contribution < -0.4 is 5.32 Å². The molecular formula is C22H35N3O4. The minimum atomic E-state index is -0.531. The molecule has 162 valence electrons. The number of nitrogens with zero attached hydrogens (tertiary/aromatic N) is 2. The molecule has 1 aromatic heterocycles. The van der Waals surface area contributed by atoms with Crippen LogP contribution >= 0.6 is 0 Å². The fourth-order valence-electron chi connectivity index (χ4n) is 3.49. The van der Waals surface area contributed by atoms with Crippen LogP contribution in [0.2, 0.25) is 0 Å². The summed E-state index contributed by atoms with van der Waals surface area (Å²) in [4.78, 5) is 28.3. The number of amides is 1. The molecule has 0 unspecified atom stereocenters. The van der Waals surface area contributed by atoms with Gasteiger partial charge in [-0.15, -0.1) is 0 Å². The maximum atomic E-state index is 12.1. The zero-order chi connectivity index (χ0) is 21.4. The Morgan fingerprint density at radius 2 is 1.97 bits per heavy atom. The standard InChI is InChI=1S/C22H35N3O4/c1-16-8-10-19(11-9-16)25-14-18(24-15-25)13-17(20(26)28-5)7-6-12-23-21(27)29-22(2,3)4/h13-16,19H,6-12H2,1-5H3,(H,23,27)/b17-13+/t16-,19+. The minimum absolute atomic E-state index is 0.372. The molecule has 1 aromatic rings. The molecule has 29 heavy (non-hydrogen) atoms. The first-order valence-corrected chi connectivity index (χ1v) is 10.5. The zero-order valence-corrected chi connectivity index (χ0v) is 18.4. The summed E-state index contributed by atoms with van der Waals surface area (Å²) in [5, 5.41) is 2.71. The highest BCUT2D eigenvalue weighted by Gasteiger charge is 2.20. The van der Waals surface area contributed by atoms with Crippen LogP contribution in [-0.4, -0.2) is 40.9 Å². The number of aromatic nitrogens is 2. The van der Waals surface area contributed by atoms with Gasteiger partial charge in [0, 0.05) is 24.4 Å². The number of hydrogen-bond acceptors (Lipinski definition) is 5. The van der Waals surface area contributed by atoms with E-state index in [-0.39, 0.29) is 5.97 Å². The van der Waals surface area contributed by atoms with Crippen molar-refractivity contribution in [2.75, 3.05) is 13.7 Å². The second-order valence-corrected chi connectivity index (χ2v) is 8.85. The Morgan fingerprint density at radius 1 is 1.28 bits per heavy atom. The summed E-state index contributed by atoms with van der Waals surface area (Å²) in [5.74, 6) is 0.428. The summed E-state index contributed by atoms with van der Waals surface area (Å²) in [6, 6.07) is 0.487. The Morgan fingerprint density at radius 3 is 2.59 bits per heavy atom. The molecule has 1 saturated carbocycles. The number of esters is 1. The third-order valence-corrected chi connectivity index (χ3v) is 5.09. The van der Waals surface area contributed by atoms with Crippen molar-refractivity contribution >= 4 is 18.1 Å². The Bertz CT molecular complexity index is 710. The summed E-state index contributed by atoms with van der Waals surface area (Å²) in [7, 11) is 1.37. The second kappa shape index (κ2) is 10.5. The topological polar surface area (TPSA) is 82.5 Å². The molecule has 1 heterocycles. The lowest BCUT2D eigenvalue weighted by atomic mass is 9.87. The van der Waals surface area contributed by atoms with Gasteiger partial charge in [0.25, 0.3) is 0 Å². The van der Waals surface area contributed by atoms with Crippen LogP contribution in [0, 0.1) is 5.92 Å². The van der Waals surface area contributed by atoms with E-state index in [1.807, 2.05) is 33.3 Å². The summed E-state index contributed by atoms with van der Waals surface area (Å²) >= 11 is 0. The van der Waals surface area contributed by atoms with Crippen molar-refractivity contribution < 1.29 is 19.1 Å². The van der Waals surface area contributed by atoms with Gasteiger partial charge in [0.1, 0.15) is 5.60 Å². The number of methoxy groups -OCH3 is 1. The van der Waals surface area contributed by atoms with Gasteiger partial charge in [-0.1, -0.05) is 6.92 Å². The Labute approximate surface area is 173 Å². The van der Waals surface area contributed by atoms with Gasteiger partial charge < -0.3 is 19.4 Å². The van der Waals surface area contributed by atoms with E-state index in [4.69, 9.17) is 9.47 Å². The number of ether oxygens (including phenoxy) is 2. The van der Waals surface area contributed by atoms with Crippen molar-refractivity contribution in [2.45, 2.75) is 77.9 Å². The van der Waals surface area contributed by atoms with Gasteiger partial charge in [-0.2, -0.15) is 0 Å². The highest BCUT2D eigenvalue weighted by molar-refractivity contribution is 5.93. The summed E-state index contributed by atoms with van der Waals surface area (Å²) in [6.45, 7) is 8.17. The molecule has 1 aliphatic rings. The zero-order valence-electron chi connectivity index (χ0n) is 18.4. The van der Waals surface area contributed by atoms with Crippen molar-refractivity contribution in [1.82, 2.24) is 14.9 Å². The normalized spacial score (nSPS) is 20.2. The highest BCUT2D eigenvalue weighted by Crippen LogP contribution is 2.31. The van der Waals surface area contributed by atoms with Gasteiger partial charge in [-0.25, -0.2) is 14.6 Å². The fourth-order valence-corrected chi connectivity index (χ4v) is 3.49. The SMILES string of the molecule is COC(=O)/C(=C/c1cn([C@H]2CC[C@@H](C)CC2)cn1)CCCNC(=O)OC(C)(C)C. The van der Waals surface area contributed by atoms with E-state index in [2.05, 4.69) is 21.8 Å². The Hall–Kier alpha value is -2.31. The van der Waals surface area contributed by atoms with Crippen molar-refractivity contribution in [2.24, 2.45) is 5.92 Å². The van der Waals surface area contributed by atoms with Gasteiger partial charge in [0.2, 0.25) is 0 Å². The minimum Gasteiger partial charge on any atom is -0.466 e. The average Bonchev–Trinajstić information content (AvgIpc) is 3.11. The number of carbonyl (C=O) groups is 2. The van der Waals surface area contributed by atoms with Crippen molar-refractivity contribution in [1.29, 1.82) is 0 Å². The first kappa shape index (κ1) is 23.0. The average molecular weight is 406 g/mol. The summed E-state index contributed by atoms with van der Waals surface area (Å²) in [6.07, 6.45) is 11.1. The molecule has 1 aliphatic carbocycles. The number of alkyl carbamates (subject to hydrolysis) is 1. The molecule has 0 aromatic carbocycles. The fraction of sp³-hybridized carbons (Fsp3) is 0.682. The molecule has 1 N–H and O–H groups in total. The van der Waals surface area contributed by atoms with Crippen molar-refractivity contribution in [3.8, 4) is 0 Å². The maximum absolute atomic E-state index is 12.1. The molecule has 0 atom stereocenters. The molecule has 0 aliphatic heterocycles. The van der Waals surface area contributed by atoms with Crippen LogP contribution in [0.1, 0.15) is 78.0 Å². The van der Waals surface area contributed by atoms with Crippen LogP contribution in [0.3, 0.4) is 0 Å². The van der Waals surface area contributed by atoms with Gasteiger partial charge >= 0.3 is 12.1 Å². The summed E-state index contributed by atoms with van der Waals surface area (Å²) in [5.41, 5.74) is 0.765. The predicted octanol–water partition coefficient (Wildman–Crippen LogP) is 4.50. The maximum Gasteiger partial charge on any atom is 0.407 e. The first-order chi connectivity index (χ1) is 13.7. The van der Waals surface area contributed by atoms with Crippen LogP contribution in [0.5, 0.6) is 0 Å². The van der Waals surface area contributed by atoms with Crippen LogP contribution in [-0.2, 0) is 14.3 Å². The molecule has 0 saturated heterocycles. The smallest absolute Gasteiger partial charge is 0.407 e. The summed E-state index contributed by atoms with van der Waals surface area (Å²) < 4.78 is 12.3. The Balaban J connectivity index is 1.92. The van der Waals surface area contributed by atoms with E-state index in [1.165, 1.54) is 32.8 Å². The largest absolute Gasteiger partial charge is 0.466 e. The van der Waals surface area contributed by atoms with Gasteiger partial charge in [0.05, 0.1) is 19.1 Å². The molecule has 7 nitrogen and oxygen atoms in total. The van der Waals surface area contributed by atoms with Gasteiger partial charge in [0.15, 0.2) is 0 Å². The molecule has 2 rings (SSSR count). The number of imidazole rings is 1. The highest BCUT2D eigenvalue weighted by atomic mass is 16.6. The molecule has 7 heteroatoms. The van der Waals surface area contributed by atoms with Crippen molar-refractivity contribution in [3.63, 3.8) is 0 Å². The molecule has 0 spiro atoms. The van der Waals surface area contributed by atoms with Gasteiger partial charge in [-0.05, 0) is 71.3 Å². The van der Waals surface area contributed by atoms with E-state index in [1.54, 1.807) is 6.08 Å². The van der Waals surface area contributed by atoms with E-state index in [9.17, 15) is 9.59 Å². The van der Waals surface area contributed by atoms with Crippen LogP contribution in [0.25, 0.3) is 6.08 Å². The molecule has 1 amide bonds. The first-order valence-electron chi connectivity index (χ1n) is 10.5. The lowest BCUT2D eigenvalue weighted by Crippen LogP contribution is -2.33. The lowest BCUT2D eigenvalue weighted by Gasteiger charge is -2.26. The van der Waals surface area contributed by atoms with Crippen LogP contribution in [0.15, 0.2) is 18.1 Å². The molecule has 0 bridgehead atoms. The predicted molar refractivity (Wildman–Crippen MR) is 112 cm³/mol. The number of nitrogens with one attached hydrogen (secondary N) is 1. The third kappa shape index (κ3) is 7.91. The molecular weight excluding hydrogens is 370 g/mol. The quantitative estimate of drug-likeness (QED) is 0.410. The van der Waals surface area contributed by atoms with Crippen LogP contribution in [0.4, 0.5) is 4.79 Å². The van der Waals surface area contributed by atoms with Crippen molar-refractivity contribution in [3.05, 3.63) is 23.8 Å². The third-order valence-electron chi connectivity index (χ3n) is 5.09. The Kier molecular flexibility index (Phi) is 8.29. The second-order valence-electron chi connectivity index (χ2n) is 8.85. The van der Waals surface area contributed by atoms with E-state index >= 15 is 0 Å². The van der Waals surface area contributed by atoms with E-state index in [0.29, 0.717) is 31.0 Å².